The molecule has 15 aromatic rings. The number of hydrogen-bond acceptors (Lipinski definition) is 6. The van der Waals surface area contributed by atoms with Gasteiger partial charge in [0.05, 0.1) is 28.2 Å². The molecule has 0 aliphatic heterocycles. The monoisotopic (exact) mass is 918 g/mol. The van der Waals surface area contributed by atoms with Gasteiger partial charge in [-0.15, -0.1) is 68.0 Å². The molecule has 0 fully saturated rings. The predicted molar refractivity (Wildman–Crippen MR) is 291 cm³/mol. The van der Waals surface area contributed by atoms with Crippen molar-refractivity contribution in [3.8, 4) is 41.8 Å². The molecule has 0 bridgehead atoms. The molecule has 0 saturated heterocycles. The van der Waals surface area contributed by atoms with Gasteiger partial charge < -0.3 is 0 Å². The van der Waals surface area contributed by atoms with Gasteiger partial charge in [-0.3, -0.25) is 0 Å². The lowest BCUT2D eigenvalue weighted by Gasteiger charge is -2.15. The second kappa shape index (κ2) is 13.6. The van der Waals surface area contributed by atoms with Crippen molar-refractivity contribution in [2.75, 3.05) is 0 Å². The van der Waals surface area contributed by atoms with E-state index in [1.165, 1.54) is 145 Å². The number of rotatable bonds is 4. The topological polar surface area (TPSA) is 0 Å². The van der Waals surface area contributed by atoms with Gasteiger partial charge in [0.15, 0.2) is 0 Å². The summed E-state index contributed by atoms with van der Waals surface area (Å²) in [5.74, 6) is 0. The van der Waals surface area contributed by atoms with Crippen LogP contribution in [0.3, 0.4) is 0 Å². The fourth-order valence-electron chi connectivity index (χ4n) is 10.4. The zero-order valence-electron chi connectivity index (χ0n) is 33.8. The highest BCUT2D eigenvalue weighted by atomic mass is 32.1. The van der Waals surface area contributed by atoms with E-state index < -0.39 is 0 Å². The number of fused-ring (bicyclic) bond motifs is 13. The maximum atomic E-state index is 2.45. The normalized spacial score (nSPS) is 12.4. The van der Waals surface area contributed by atoms with Crippen LogP contribution in [0.15, 0.2) is 181 Å². The van der Waals surface area contributed by atoms with Gasteiger partial charge in [-0.1, -0.05) is 133 Å². The predicted octanol–water partition coefficient (Wildman–Crippen LogP) is 20.3. The number of thiophene rings is 6. The number of hydrogen-bond donors (Lipinski definition) is 0. The summed E-state index contributed by atoms with van der Waals surface area (Å²) in [6.45, 7) is 0. The van der Waals surface area contributed by atoms with Crippen molar-refractivity contribution in [1.29, 1.82) is 0 Å². The highest BCUT2D eigenvalue weighted by Gasteiger charge is 2.23. The minimum Gasteiger partial charge on any atom is -0.142 e. The van der Waals surface area contributed by atoms with Crippen molar-refractivity contribution in [2.24, 2.45) is 0 Å². The molecule has 0 nitrogen and oxygen atoms in total. The zero-order valence-corrected chi connectivity index (χ0v) is 38.7. The molecule has 0 N–H and O–H groups in total. The maximum absolute atomic E-state index is 2.45. The van der Waals surface area contributed by atoms with E-state index in [1.54, 1.807) is 0 Å². The van der Waals surface area contributed by atoms with E-state index in [0.29, 0.717) is 0 Å². The zero-order chi connectivity index (χ0) is 41.6. The van der Waals surface area contributed by atoms with Crippen LogP contribution in [-0.2, 0) is 0 Å². The van der Waals surface area contributed by atoms with Crippen LogP contribution < -0.4 is 0 Å². The first-order valence-electron chi connectivity index (χ1n) is 21.4. The van der Waals surface area contributed by atoms with Gasteiger partial charge in [-0.05, 0) is 123 Å². The van der Waals surface area contributed by atoms with Gasteiger partial charge in [0, 0.05) is 41.8 Å². The highest BCUT2D eigenvalue weighted by molar-refractivity contribution is 7.31. The molecule has 298 valence electrons. The SMILES string of the molecule is c1ccc2c(-c3cc4ccc5cc(-c6c7ccccc7c(-c7cc8ccc9ccsc9c8s7)c7ccccc67)sc5c4s3)c3ccccc3c(-c3cc4ccc5ccsc5c4s3)c2c1. The van der Waals surface area contributed by atoms with E-state index in [1.807, 2.05) is 68.0 Å². The summed E-state index contributed by atoms with van der Waals surface area (Å²) in [7, 11) is 0. The average molecular weight is 919 g/mol. The molecule has 0 amide bonds. The molecule has 0 radical (unpaired) electrons. The van der Waals surface area contributed by atoms with Gasteiger partial charge >= 0.3 is 0 Å². The molecule has 15 rings (SSSR count). The van der Waals surface area contributed by atoms with Crippen molar-refractivity contribution >= 4 is 172 Å². The van der Waals surface area contributed by atoms with Gasteiger partial charge in [0.1, 0.15) is 0 Å². The van der Waals surface area contributed by atoms with E-state index in [2.05, 4.69) is 181 Å². The van der Waals surface area contributed by atoms with Crippen molar-refractivity contribution in [2.45, 2.75) is 0 Å². The molecule has 0 aliphatic rings. The molecule has 0 spiro atoms. The molecular formula is C58H30S6. The van der Waals surface area contributed by atoms with Crippen molar-refractivity contribution in [1.82, 2.24) is 0 Å². The van der Waals surface area contributed by atoms with Gasteiger partial charge in [0.25, 0.3) is 0 Å². The minimum atomic E-state index is 1.30. The smallest absolute Gasteiger partial charge is 0.0527 e. The Morgan fingerprint density at radius 1 is 0.219 bits per heavy atom. The third kappa shape index (κ3) is 5.12. The standard InChI is InChI=1S/C58H30S6/c1-5-13-41-37(9-1)49(45-27-33-19-17-31-23-25-59-53(31)55(33)61-45)38-10-2-6-14-42(38)51(41)47-29-35-21-22-36-30-48(64-58(36)57(35)63-47)52-43-15-7-3-11-39(43)50(40-12-4-8-16-44(40)52)46-28-34-20-18-32-24-26-60-54(32)56(34)62-46/h1-30H. The second-order valence-corrected chi connectivity index (χ2v) is 22.7. The van der Waals surface area contributed by atoms with Crippen LogP contribution in [-0.4, -0.2) is 0 Å². The van der Waals surface area contributed by atoms with Crippen molar-refractivity contribution in [3.05, 3.63) is 181 Å². The van der Waals surface area contributed by atoms with Crippen LogP contribution in [0.25, 0.3) is 145 Å². The Hall–Kier alpha value is -6.22. The van der Waals surface area contributed by atoms with Crippen molar-refractivity contribution in [3.63, 3.8) is 0 Å². The minimum absolute atomic E-state index is 1.30. The van der Waals surface area contributed by atoms with E-state index in [0.717, 1.165) is 0 Å². The van der Waals surface area contributed by atoms with E-state index in [4.69, 9.17) is 0 Å². The van der Waals surface area contributed by atoms with E-state index in [-0.39, 0.29) is 0 Å². The van der Waals surface area contributed by atoms with Crippen LogP contribution in [0, 0.1) is 0 Å². The van der Waals surface area contributed by atoms with Crippen LogP contribution in [0.4, 0.5) is 0 Å². The Kier molecular flexibility index (Phi) is 7.71. The molecule has 6 heterocycles. The quantitative estimate of drug-likeness (QED) is 0.154. The summed E-state index contributed by atoms with van der Waals surface area (Å²) in [4.78, 5) is 5.29. The van der Waals surface area contributed by atoms with E-state index in [9.17, 15) is 0 Å². The summed E-state index contributed by atoms with van der Waals surface area (Å²) >= 11 is 11.5. The lowest BCUT2D eigenvalue weighted by atomic mass is 9.90. The largest absolute Gasteiger partial charge is 0.142 e. The van der Waals surface area contributed by atoms with Gasteiger partial charge in [-0.2, -0.15) is 0 Å². The van der Waals surface area contributed by atoms with E-state index >= 15 is 0 Å². The summed E-state index contributed by atoms with van der Waals surface area (Å²) in [5, 5.41) is 22.8. The lowest BCUT2D eigenvalue weighted by Crippen LogP contribution is -1.88. The molecular weight excluding hydrogens is 889 g/mol. The molecule has 0 atom stereocenters. The first kappa shape index (κ1) is 36.2. The summed E-state index contributed by atoms with van der Waals surface area (Å²) in [6, 6.07) is 64.5. The van der Waals surface area contributed by atoms with Crippen molar-refractivity contribution < 1.29 is 0 Å². The number of benzene rings is 9. The summed E-state index contributed by atoms with van der Waals surface area (Å²) < 4.78 is 8.27. The Morgan fingerprint density at radius 2 is 0.453 bits per heavy atom. The van der Waals surface area contributed by atoms with Crippen LogP contribution in [0.5, 0.6) is 0 Å². The summed E-state index contributed by atoms with van der Waals surface area (Å²) in [6.07, 6.45) is 0. The molecule has 64 heavy (non-hydrogen) atoms. The molecule has 9 aromatic carbocycles. The summed E-state index contributed by atoms with van der Waals surface area (Å²) in [5.41, 5.74) is 5.34. The fraction of sp³-hybridized carbons (Fsp3) is 0. The molecule has 0 unspecified atom stereocenters. The highest BCUT2D eigenvalue weighted by Crippen LogP contribution is 2.53. The molecule has 6 aromatic heterocycles. The maximum Gasteiger partial charge on any atom is 0.0527 e. The third-order valence-electron chi connectivity index (χ3n) is 13.2. The Morgan fingerprint density at radius 3 is 0.719 bits per heavy atom. The first-order chi connectivity index (χ1) is 31.7. The van der Waals surface area contributed by atoms with Gasteiger partial charge in [0.2, 0.25) is 0 Å². The Balaban J connectivity index is 0.929. The fourth-order valence-corrected chi connectivity index (χ4v) is 17.7. The van der Waals surface area contributed by atoms with Crippen LogP contribution >= 0.6 is 68.0 Å². The average Bonchev–Trinajstić information content (AvgIpc) is 4.20. The Bertz CT molecular complexity index is 4040. The van der Waals surface area contributed by atoms with Crippen LogP contribution in [0.2, 0.25) is 0 Å². The molecule has 0 saturated carbocycles. The Labute approximate surface area is 390 Å². The lowest BCUT2D eigenvalue weighted by molar-refractivity contribution is 1.75. The molecule has 6 heteroatoms. The first-order valence-corrected chi connectivity index (χ1v) is 26.4. The molecule has 0 aliphatic carbocycles. The third-order valence-corrected chi connectivity index (χ3v) is 20.3. The second-order valence-electron chi connectivity index (χ2n) is 16.7. The van der Waals surface area contributed by atoms with Gasteiger partial charge in [-0.25, -0.2) is 0 Å². The van der Waals surface area contributed by atoms with Crippen LogP contribution in [0.1, 0.15) is 0 Å².